The van der Waals surface area contributed by atoms with Gasteiger partial charge >= 0.3 is 0 Å². The summed E-state index contributed by atoms with van der Waals surface area (Å²) in [5.74, 6) is 0.649. The molecule has 5 nitrogen and oxygen atoms in total. The Morgan fingerprint density at radius 3 is 2.88 bits per heavy atom. The zero-order chi connectivity index (χ0) is 17.8. The summed E-state index contributed by atoms with van der Waals surface area (Å²) in [5, 5.41) is 2.95. The number of carbonyl (C=O) groups is 1. The highest BCUT2D eigenvalue weighted by molar-refractivity contribution is 5.93. The SMILES string of the molecule is CCCCC(=O)Nc1cc(-c2cn3ccc(C)cc3n2)ccc1OC. The molecule has 2 heterocycles. The summed E-state index contributed by atoms with van der Waals surface area (Å²) in [6, 6.07) is 9.82. The summed E-state index contributed by atoms with van der Waals surface area (Å²) in [4.78, 5) is 16.8. The average molecular weight is 337 g/mol. The van der Waals surface area contributed by atoms with Gasteiger partial charge in [0.15, 0.2) is 0 Å². The van der Waals surface area contributed by atoms with Gasteiger partial charge in [-0.3, -0.25) is 4.79 Å². The van der Waals surface area contributed by atoms with Crippen molar-refractivity contribution in [2.24, 2.45) is 0 Å². The number of unbranched alkanes of at least 4 members (excludes halogenated alkanes) is 1. The highest BCUT2D eigenvalue weighted by Gasteiger charge is 2.11. The Balaban J connectivity index is 1.93. The number of carbonyl (C=O) groups excluding carboxylic acids is 1. The molecule has 0 radical (unpaired) electrons. The first-order valence-corrected chi connectivity index (χ1v) is 8.54. The molecule has 0 aliphatic rings. The van der Waals surface area contributed by atoms with Crippen LogP contribution >= 0.6 is 0 Å². The van der Waals surface area contributed by atoms with Crippen molar-refractivity contribution >= 4 is 17.2 Å². The average Bonchev–Trinajstić information content (AvgIpc) is 3.03. The van der Waals surface area contributed by atoms with Gasteiger partial charge in [-0.15, -0.1) is 0 Å². The molecular weight excluding hydrogens is 314 g/mol. The number of pyridine rings is 1. The molecule has 130 valence electrons. The third-order valence-electron chi connectivity index (χ3n) is 4.14. The van der Waals surface area contributed by atoms with E-state index in [-0.39, 0.29) is 5.91 Å². The van der Waals surface area contributed by atoms with Crippen LogP contribution in [0.15, 0.2) is 42.7 Å². The second kappa shape index (κ2) is 7.38. The van der Waals surface area contributed by atoms with Crippen molar-refractivity contribution in [3.8, 4) is 17.0 Å². The fraction of sp³-hybridized carbons (Fsp3) is 0.300. The number of nitrogens with one attached hydrogen (secondary N) is 1. The lowest BCUT2D eigenvalue weighted by Crippen LogP contribution is -2.11. The molecule has 0 aliphatic heterocycles. The number of aryl methyl sites for hydroxylation is 1. The quantitative estimate of drug-likeness (QED) is 0.723. The van der Waals surface area contributed by atoms with Gasteiger partial charge in [-0.05, 0) is 49.2 Å². The first-order valence-electron chi connectivity index (χ1n) is 8.54. The number of hydrogen-bond donors (Lipinski definition) is 1. The molecule has 1 amide bonds. The van der Waals surface area contributed by atoms with Gasteiger partial charge in [0.2, 0.25) is 5.91 Å². The maximum absolute atomic E-state index is 12.1. The first-order chi connectivity index (χ1) is 12.1. The van der Waals surface area contributed by atoms with E-state index in [1.54, 1.807) is 7.11 Å². The van der Waals surface area contributed by atoms with Crippen molar-refractivity contribution in [3.63, 3.8) is 0 Å². The first kappa shape index (κ1) is 17.0. The summed E-state index contributed by atoms with van der Waals surface area (Å²) in [6.45, 7) is 4.12. The molecule has 3 aromatic rings. The van der Waals surface area contributed by atoms with Crippen LogP contribution in [0.4, 0.5) is 5.69 Å². The molecular formula is C20H23N3O2. The van der Waals surface area contributed by atoms with Crippen molar-refractivity contribution in [2.45, 2.75) is 33.1 Å². The summed E-state index contributed by atoms with van der Waals surface area (Å²) in [7, 11) is 1.60. The Morgan fingerprint density at radius 1 is 1.28 bits per heavy atom. The fourth-order valence-electron chi connectivity index (χ4n) is 2.74. The number of benzene rings is 1. The molecule has 5 heteroatoms. The lowest BCUT2D eigenvalue weighted by molar-refractivity contribution is -0.116. The van der Waals surface area contributed by atoms with Crippen LogP contribution in [0.2, 0.25) is 0 Å². The van der Waals surface area contributed by atoms with Crippen LogP contribution in [0.3, 0.4) is 0 Å². The van der Waals surface area contributed by atoms with Gasteiger partial charge in [0.1, 0.15) is 11.4 Å². The highest BCUT2D eigenvalue weighted by atomic mass is 16.5. The normalized spacial score (nSPS) is 10.8. The molecule has 0 atom stereocenters. The highest BCUT2D eigenvalue weighted by Crippen LogP contribution is 2.30. The predicted molar refractivity (Wildman–Crippen MR) is 100 cm³/mol. The topological polar surface area (TPSA) is 55.6 Å². The number of imidazole rings is 1. The fourth-order valence-corrected chi connectivity index (χ4v) is 2.74. The molecule has 0 bridgehead atoms. The van der Waals surface area contributed by atoms with Crippen molar-refractivity contribution in [3.05, 3.63) is 48.3 Å². The van der Waals surface area contributed by atoms with Gasteiger partial charge in [-0.1, -0.05) is 13.3 Å². The van der Waals surface area contributed by atoms with Crippen LogP contribution in [-0.4, -0.2) is 22.4 Å². The second-order valence-electron chi connectivity index (χ2n) is 6.16. The van der Waals surface area contributed by atoms with Gasteiger partial charge < -0.3 is 14.5 Å². The van der Waals surface area contributed by atoms with E-state index in [4.69, 9.17) is 4.74 Å². The minimum atomic E-state index is 0.00271. The van der Waals surface area contributed by atoms with Crippen molar-refractivity contribution in [1.82, 2.24) is 9.38 Å². The van der Waals surface area contributed by atoms with E-state index in [0.717, 1.165) is 29.7 Å². The Kier molecular flexibility index (Phi) is 5.03. The van der Waals surface area contributed by atoms with Crippen LogP contribution in [0.1, 0.15) is 31.7 Å². The van der Waals surface area contributed by atoms with Gasteiger partial charge in [-0.2, -0.15) is 0 Å². The van der Waals surface area contributed by atoms with Crippen molar-refractivity contribution in [1.29, 1.82) is 0 Å². The molecule has 25 heavy (non-hydrogen) atoms. The molecule has 3 rings (SSSR count). The Labute approximate surface area is 147 Å². The maximum Gasteiger partial charge on any atom is 0.224 e. The Hall–Kier alpha value is -2.82. The molecule has 0 saturated heterocycles. The molecule has 0 unspecified atom stereocenters. The summed E-state index contributed by atoms with van der Waals surface area (Å²) in [6.07, 6.45) is 6.36. The van der Waals surface area contributed by atoms with Crippen LogP contribution in [0.25, 0.3) is 16.9 Å². The van der Waals surface area contributed by atoms with Crippen LogP contribution < -0.4 is 10.1 Å². The minimum Gasteiger partial charge on any atom is -0.495 e. The van der Waals surface area contributed by atoms with E-state index in [0.29, 0.717) is 17.9 Å². The molecule has 0 spiro atoms. The molecule has 0 aliphatic carbocycles. The number of ether oxygens (including phenoxy) is 1. The minimum absolute atomic E-state index is 0.00271. The van der Waals surface area contributed by atoms with Gasteiger partial charge in [0.05, 0.1) is 18.5 Å². The lowest BCUT2D eigenvalue weighted by atomic mass is 10.1. The third-order valence-corrected chi connectivity index (χ3v) is 4.14. The van der Waals surface area contributed by atoms with E-state index in [9.17, 15) is 4.79 Å². The standard InChI is InChI=1S/C20H23N3O2/c1-4-5-6-20(24)22-16-12-15(7-8-18(16)25-3)17-13-23-10-9-14(2)11-19(23)21-17/h7-13H,4-6H2,1-3H3,(H,22,24). The number of rotatable bonds is 6. The smallest absolute Gasteiger partial charge is 0.224 e. The summed E-state index contributed by atoms with van der Waals surface area (Å²) >= 11 is 0. The van der Waals surface area contributed by atoms with E-state index < -0.39 is 0 Å². The molecule has 0 saturated carbocycles. The van der Waals surface area contributed by atoms with Crippen molar-refractivity contribution < 1.29 is 9.53 Å². The molecule has 1 N–H and O–H groups in total. The number of fused-ring (bicyclic) bond motifs is 1. The number of methoxy groups -OCH3 is 1. The van der Waals surface area contributed by atoms with Crippen molar-refractivity contribution in [2.75, 3.05) is 12.4 Å². The third kappa shape index (κ3) is 3.82. The monoisotopic (exact) mass is 337 g/mol. The number of amides is 1. The maximum atomic E-state index is 12.1. The summed E-state index contributed by atoms with van der Waals surface area (Å²) < 4.78 is 7.37. The molecule has 0 fully saturated rings. The second-order valence-corrected chi connectivity index (χ2v) is 6.16. The van der Waals surface area contributed by atoms with E-state index in [2.05, 4.69) is 17.2 Å². The molecule has 2 aromatic heterocycles. The van der Waals surface area contributed by atoms with Crippen LogP contribution in [0.5, 0.6) is 5.75 Å². The van der Waals surface area contributed by atoms with Crippen LogP contribution in [0, 0.1) is 6.92 Å². The Bertz CT molecular complexity index is 899. The molecule has 1 aromatic carbocycles. The summed E-state index contributed by atoms with van der Waals surface area (Å²) in [5.41, 5.74) is 4.54. The van der Waals surface area contributed by atoms with E-state index >= 15 is 0 Å². The number of aromatic nitrogens is 2. The van der Waals surface area contributed by atoms with E-state index in [1.807, 2.05) is 54.0 Å². The van der Waals surface area contributed by atoms with Gasteiger partial charge in [0, 0.05) is 24.4 Å². The number of anilines is 1. The Morgan fingerprint density at radius 2 is 2.12 bits per heavy atom. The number of hydrogen-bond acceptors (Lipinski definition) is 3. The van der Waals surface area contributed by atoms with E-state index in [1.165, 1.54) is 5.56 Å². The zero-order valence-electron chi connectivity index (χ0n) is 14.9. The number of nitrogens with zero attached hydrogens (tertiary/aromatic N) is 2. The van der Waals surface area contributed by atoms with Gasteiger partial charge in [0.25, 0.3) is 0 Å². The van der Waals surface area contributed by atoms with Gasteiger partial charge in [-0.25, -0.2) is 4.98 Å². The van der Waals surface area contributed by atoms with Crippen LogP contribution in [-0.2, 0) is 4.79 Å². The zero-order valence-corrected chi connectivity index (χ0v) is 14.9. The largest absolute Gasteiger partial charge is 0.495 e. The lowest BCUT2D eigenvalue weighted by Gasteiger charge is -2.11. The predicted octanol–water partition coefficient (Wildman–Crippen LogP) is 4.45.